The van der Waals surface area contributed by atoms with E-state index in [1.807, 2.05) is 6.92 Å². The molecule has 0 fully saturated rings. The van der Waals surface area contributed by atoms with Crippen molar-refractivity contribution in [2.75, 3.05) is 31.0 Å². The second kappa shape index (κ2) is 6.68. The molecule has 0 spiro atoms. The Labute approximate surface area is 142 Å². The van der Waals surface area contributed by atoms with Gasteiger partial charge in [-0.2, -0.15) is 0 Å². The minimum atomic E-state index is -2.99. The summed E-state index contributed by atoms with van der Waals surface area (Å²) < 4.78 is 29.9. The fourth-order valence-electron chi connectivity index (χ4n) is 3.26. The third-order valence-corrected chi connectivity index (χ3v) is 5.35. The van der Waals surface area contributed by atoms with Gasteiger partial charge in [-0.25, -0.2) is 18.4 Å². The Balaban J connectivity index is 1.82. The van der Waals surface area contributed by atoms with Gasteiger partial charge in [0, 0.05) is 18.5 Å². The summed E-state index contributed by atoms with van der Waals surface area (Å²) in [6.07, 6.45) is 5.48. The molecular formula is C16H24N4O3S. The predicted molar refractivity (Wildman–Crippen MR) is 93.8 cm³/mol. The lowest BCUT2D eigenvalue weighted by Gasteiger charge is -2.18. The molecule has 0 aromatic carbocycles. The van der Waals surface area contributed by atoms with E-state index in [-0.39, 0.29) is 12.4 Å². The average Bonchev–Trinajstić information content (AvgIpc) is 2.84. The molecule has 7 nitrogen and oxygen atoms in total. The molecule has 8 heteroatoms. The maximum Gasteiger partial charge on any atom is 0.151 e. The maximum absolute atomic E-state index is 11.1. The number of imidazole rings is 1. The number of hydrogen-bond acceptors (Lipinski definition) is 6. The van der Waals surface area contributed by atoms with Crippen molar-refractivity contribution in [3.63, 3.8) is 0 Å². The summed E-state index contributed by atoms with van der Waals surface area (Å²) in [7, 11) is -2.99. The van der Waals surface area contributed by atoms with Gasteiger partial charge in [0.05, 0.1) is 24.5 Å². The molecule has 0 aliphatic heterocycles. The number of fused-ring (bicyclic) bond motifs is 3. The Morgan fingerprint density at radius 2 is 1.96 bits per heavy atom. The summed E-state index contributed by atoms with van der Waals surface area (Å²) in [5.74, 6) is 1.41. The van der Waals surface area contributed by atoms with Crippen LogP contribution in [0.3, 0.4) is 0 Å². The lowest BCUT2D eigenvalue weighted by Crippen LogP contribution is -2.15. The van der Waals surface area contributed by atoms with Crippen LogP contribution in [0.5, 0.6) is 0 Å². The van der Waals surface area contributed by atoms with Crippen LogP contribution in [0.25, 0.3) is 11.0 Å². The van der Waals surface area contributed by atoms with Crippen LogP contribution in [0.2, 0.25) is 0 Å². The van der Waals surface area contributed by atoms with Crippen LogP contribution in [0.1, 0.15) is 29.9 Å². The predicted octanol–water partition coefficient (Wildman–Crippen LogP) is 1.26. The number of ether oxygens (including phenoxy) is 1. The van der Waals surface area contributed by atoms with Crippen molar-refractivity contribution in [1.82, 2.24) is 14.5 Å². The van der Waals surface area contributed by atoms with Gasteiger partial charge in [0.25, 0.3) is 0 Å². The van der Waals surface area contributed by atoms with Crippen LogP contribution >= 0.6 is 0 Å². The zero-order valence-electron chi connectivity index (χ0n) is 14.2. The summed E-state index contributed by atoms with van der Waals surface area (Å²) in [6, 6.07) is 0. The molecule has 132 valence electrons. The van der Waals surface area contributed by atoms with E-state index in [2.05, 4.69) is 14.5 Å². The number of nitrogens with two attached hydrogens (primary N) is 1. The Kier molecular flexibility index (Phi) is 4.78. The summed E-state index contributed by atoms with van der Waals surface area (Å²) in [6.45, 7) is 3.23. The number of aromatic nitrogens is 3. The first-order valence-corrected chi connectivity index (χ1v) is 10.3. The van der Waals surface area contributed by atoms with Gasteiger partial charge < -0.3 is 15.0 Å². The molecule has 0 amide bonds. The molecule has 0 bridgehead atoms. The standard InChI is InChI=1S/C16H24N4O3S/c1-11-18-14-15(12-5-3-4-6-13(12)19-16(14)17)20(11)7-8-23-9-10-24(2,21)22/h3-10H2,1-2H3,(H2,17,19). The number of hydrogen-bond donors (Lipinski definition) is 1. The van der Waals surface area contributed by atoms with E-state index in [0.717, 1.165) is 48.2 Å². The molecule has 0 atom stereocenters. The summed E-state index contributed by atoms with van der Waals surface area (Å²) in [5.41, 5.74) is 10.3. The molecule has 0 saturated heterocycles. The largest absolute Gasteiger partial charge is 0.382 e. The first kappa shape index (κ1) is 17.2. The van der Waals surface area contributed by atoms with Gasteiger partial charge in [0.2, 0.25) is 0 Å². The third-order valence-electron chi connectivity index (χ3n) is 4.44. The smallest absolute Gasteiger partial charge is 0.151 e. The minimum absolute atomic E-state index is 0.0446. The van der Waals surface area contributed by atoms with E-state index < -0.39 is 9.84 Å². The number of pyridine rings is 1. The first-order valence-electron chi connectivity index (χ1n) is 8.26. The molecule has 0 radical (unpaired) electrons. The monoisotopic (exact) mass is 352 g/mol. The van der Waals surface area contributed by atoms with E-state index in [4.69, 9.17) is 10.5 Å². The molecule has 24 heavy (non-hydrogen) atoms. The summed E-state index contributed by atoms with van der Waals surface area (Å²) >= 11 is 0. The molecule has 1 aliphatic rings. The summed E-state index contributed by atoms with van der Waals surface area (Å²) in [4.78, 5) is 9.12. The number of anilines is 1. The van der Waals surface area contributed by atoms with Crippen LogP contribution in [0.4, 0.5) is 5.82 Å². The van der Waals surface area contributed by atoms with Crippen LogP contribution in [-0.2, 0) is 34.0 Å². The van der Waals surface area contributed by atoms with Gasteiger partial charge in [0.15, 0.2) is 5.82 Å². The van der Waals surface area contributed by atoms with Crippen molar-refractivity contribution in [3.05, 3.63) is 17.1 Å². The van der Waals surface area contributed by atoms with Crippen molar-refractivity contribution >= 4 is 26.7 Å². The topological polar surface area (TPSA) is 100 Å². The highest BCUT2D eigenvalue weighted by Gasteiger charge is 2.21. The molecule has 2 heterocycles. The molecule has 3 rings (SSSR count). The summed E-state index contributed by atoms with van der Waals surface area (Å²) in [5, 5.41) is 0. The molecule has 2 N–H and O–H groups in total. The van der Waals surface area contributed by atoms with E-state index in [1.165, 1.54) is 11.8 Å². The van der Waals surface area contributed by atoms with Crippen LogP contribution < -0.4 is 5.73 Å². The number of sulfone groups is 1. The molecule has 2 aromatic heterocycles. The quantitative estimate of drug-likeness (QED) is 0.786. The van der Waals surface area contributed by atoms with E-state index >= 15 is 0 Å². The molecule has 2 aromatic rings. The fraction of sp³-hybridized carbons (Fsp3) is 0.625. The van der Waals surface area contributed by atoms with Gasteiger partial charge in [0.1, 0.15) is 21.2 Å². The molecule has 0 unspecified atom stereocenters. The Morgan fingerprint density at radius 3 is 2.71 bits per heavy atom. The Hall–Kier alpha value is -1.67. The van der Waals surface area contributed by atoms with Crippen molar-refractivity contribution in [3.8, 4) is 0 Å². The zero-order chi connectivity index (χ0) is 17.3. The van der Waals surface area contributed by atoms with Crippen LogP contribution in [-0.4, -0.2) is 48.2 Å². The first-order chi connectivity index (χ1) is 11.4. The maximum atomic E-state index is 11.1. The third kappa shape index (κ3) is 3.54. The van der Waals surface area contributed by atoms with E-state index in [9.17, 15) is 8.42 Å². The average molecular weight is 352 g/mol. The number of aryl methyl sites for hydroxylation is 3. The van der Waals surface area contributed by atoms with Gasteiger partial charge >= 0.3 is 0 Å². The zero-order valence-corrected chi connectivity index (χ0v) is 15.0. The molecule has 0 saturated carbocycles. The van der Waals surface area contributed by atoms with Crippen LogP contribution in [0, 0.1) is 6.92 Å². The Morgan fingerprint density at radius 1 is 1.21 bits per heavy atom. The fourth-order valence-corrected chi connectivity index (χ4v) is 3.68. The van der Waals surface area contributed by atoms with Gasteiger partial charge in [-0.15, -0.1) is 0 Å². The van der Waals surface area contributed by atoms with E-state index in [0.29, 0.717) is 19.0 Å². The lowest BCUT2D eigenvalue weighted by atomic mass is 9.95. The highest BCUT2D eigenvalue weighted by molar-refractivity contribution is 7.90. The molecule has 1 aliphatic carbocycles. The SMILES string of the molecule is Cc1nc2c(N)nc3c(c2n1CCOCCS(C)(=O)=O)CCCC3. The number of rotatable bonds is 6. The number of nitrogens with zero attached hydrogens (tertiary/aromatic N) is 3. The number of nitrogen functional groups attached to an aromatic ring is 1. The van der Waals surface area contributed by atoms with Gasteiger partial charge in [-0.3, -0.25) is 0 Å². The van der Waals surface area contributed by atoms with Crippen molar-refractivity contribution in [2.24, 2.45) is 0 Å². The van der Waals surface area contributed by atoms with Gasteiger partial charge in [-0.05, 0) is 38.2 Å². The highest BCUT2D eigenvalue weighted by Crippen LogP contribution is 2.31. The Bertz CT molecular complexity index is 858. The second-order valence-electron chi connectivity index (χ2n) is 6.38. The van der Waals surface area contributed by atoms with Crippen LogP contribution in [0.15, 0.2) is 0 Å². The normalized spacial score (nSPS) is 14.9. The second-order valence-corrected chi connectivity index (χ2v) is 8.64. The highest BCUT2D eigenvalue weighted by atomic mass is 32.2. The van der Waals surface area contributed by atoms with Gasteiger partial charge in [-0.1, -0.05) is 0 Å². The van der Waals surface area contributed by atoms with E-state index in [1.54, 1.807) is 0 Å². The minimum Gasteiger partial charge on any atom is -0.382 e. The van der Waals surface area contributed by atoms with Crippen molar-refractivity contribution in [2.45, 2.75) is 39.2 Å². The van der Waals surface area contributed by atoms with Crippen molar-refractivity contribution < 1.29 is 13.2 Å². The lowest BCUT2D eigenvalue weighted by molar-refractivity contribution is 0.140. The molecular weight excluding hydrogens is 328 g/mol. The van der Waals surface area contributed by atoms with Crippen molar-refractivity contribution in [1.29, 1.82) is 0 Å².